The summed E-state index contributed by atoms with van der Waals surface area (Å²) in [5.41, 5.74) is 0.121. The number of carbonyl (C=O) groups is 2. The summed E-state index contributed by atoms with van der Waals surface area (Å²) < 4.78 is 5.54. The van der Waals surface area contributed by atoms with E-state index in [0.717, 1.165) is 5.56 Å². The molecule has 1 aromatic carbocycles. The normalized spacial score (nSPS) is 21.9. The van der Waals surface area contributed by atoms with E-state index < -0.39 is 11.4 Å². The molecule has 0 spiro atoms. The first-order chi connectivity index (χ1) is 9.92. The minimum atomic E-state index is -0.851. The van der Waals surface area contributed by atoms with Crippen LogP contribution >= 0.6 is 0 Å². The number of piperidine rings is 1. The van der Waals surface area contributed by atoms with Crippen LogP contribution in [-0.2, 0) is 9.59 Å². The zero-order chi connectivity index (χ0) is 15.5. The molecule has 1 heterocycles. The summed E-state index contributed by atoms with van der Waals surface area (Å²) in [5, 5.41) is 9.27. The zero-order valence-electron chi connectivity index (χ0n) is 12.5. The number of benzene rings is 1. The van der Waals surface area contributed by atoms with E-state index in [9.17, 15) is 14.7 Å². The number of carboxylic acids is 1. The second-order valence-corrected chi connectivity index (χ2v) is 5.84. The van der Waals surface area contributed by atoms with Crippen LogP contribution in [0.3, 0.4) is 0 Å². The minimum absolute atomic E-state index is 0.0550. The molecule has 0 radical (unpaired) electrons. The van der Waals surface area contributed by atoms with Crippen LogP contribution in [0, 0.1) is 12.3 Å². The molecule has 1 atom stereocenters. The van der Waals surface area contributed by atoms with Gasteiger partial charge >= 0.3 is 5.97 Å². The molecule has 0 saturated carbocycles. The van der Waals surface area contributed by atoms with Gasteiger partial charge in [-0.25, -0.2) is 0 Å². The average molecular weight is 291 g/mol. The maximum Gasteiger partial charge on any atom is 0.311 e. The number of aliphatic carboxylic acids is 1. The van der Waals surface area contributed by atoms with E-state index in [1.807, 2.05) is 31.2 Å². The van der Waals surface area contributed by atoms with E-state index in [1.54, 1.807) is 11.8 Å². The molecule has 1 amide bonds. The van der Waals surface area contributed by atoms with E-state index in [4.69, 9.17) is 4.74 Å². The predicted molar refractivity (Wildman–Crippen MR) is 78.2 cm³/mol. The minimum Gasteiger partial charge on any atom is -0.484 e. The monoisotopic (exact) mass is 291 g/mol. The van der Waals surface area contributed by atoms with Crippen LogP contribution in [0.1, 0.15) is 25.3 Å². The molecule has 5 heteroatoms. The van der Waals surface area contributed by atoms with Crippen molar-refractivity contribution in [2.24, 2.45) is 5.41 Å². The van der Waals surface area contributed by atoms with Gasteiger partial charge < -0.3 is 14.7 Å². The Hall–Kier alpha value is -2.04. The van der Waals surface area contributed by atoms with E-state index in [0.29, 0.717) is 25.1 Å². The third-order valence-electron chi connectivity index (χ3n) is 4.01. The SMILES string of the molecule is Cc1ccccc1OCC(=O)N1CCCC(C)(C(=O)O)C1. The van der Waals surface area contributed by atoms with Gasteiger partial charge in [-0.1, -0.05) is 18.2 Å². The molecule has 0 aromatic heterocycles. The van der Waals surface area contributed by atoms with E-state index >= 15 is 0 Å². The molecule has 1 aliphatic rings. The summed E-state index contributed by atoms with van der Waals surface area (Å²) >= 11 is 0. The Kier molecular flexibility index (Phi) is 4.50. The van der Waals surface area contributed by atoms with Crippen molar-refractivity contribution in [1.82, 2.24) is 4.90 Å². The lowest BCUT2D eigenvalue weighted by molar-refractivity contribution is -0.153. The van der Waals surface area contributed by atoms with Gasteiger partial charge in [0.1, 0.15) is 5.75 Å². The molecule has 1 aliphatic heterocycles. The number of aryl methyl sites for hydroxylation is 1. The van der Waals surface area contributed by atoms with Gasteiger partial charge in [-0.15, -0.1) is 0 Å². The molecular formula is C16H21NO4. The molecule has 114 valence electrons. The maximum absolute atomic E-state index is 12.2. The highest BCUT2D eigenvalue weighted by Gasteiger charge is 2.39. The molecule has 1 fully saturated rings. The van der Waals surface area contributed by atoms with Crippen LogP contribution in [0.15, 0.2) is 24.3 Å². The fourth-order valence-electron chi connectivity index (χ4n) is 2.58. The standard InChI is InChI=1S/C16H21NO4/c1-12-6-3-4-7-13(12)21-10-14(18)17-9-5-8-16(2,11-17)15(19)20/h3-4,6-7H,5,8-11H2,1-2H3,(H,19,20). The number of nitrogens with zero attached hydrogens (tertiary/aromatic N) is 1. The van der Waals surface area contributed by atoms with Gasteiger partial charge in [-0.3, -0.25) is 9.59 Å². The number of carbonyl (C=O) groups excluding carboxylic acids is 1. The number of ether oxygens (including phenoxy) is 1. The van der Waals surface area contributed by atoms with E-state index in [2.05, 4.69) is 0 Å². The molecule has 2 rings (SSSR count). The van der Waals surface area contributed by atoms with Crippen LogP contribution < -0.4 is 4.74 Å². The third-order valence-corrected chi connectivity index (χ3v) is 4.01. The zero-order valence-corrected chi connectivity index (χ0v) is 12.5. The number of likely N-dealkylation sites (tertiary alicyclic amines) is 1. The molecular weight excluding hydrogens is 270 g/mol. The van der Waals surface area contributed by atoms with Gasteiger partial charge in [0.15, 0.2) is 6.61 Å². The lowest BCUT2D eigenvalue weighted by Gasteiger charge is -2.37. The molecule has 1 unspecified atom stereocenters. The third kappa shape index (κ3) is 3.54. The summed E-state index contributed by atoms with van der Waals surface area (Å²) in [7, 11) is 0. The van der Waals surface area contributed by atoms with E-state index in [-0.39, 0.29) is 19.1 Å². The molecule has 0 aliphatic carbocycles. The van der Waals surface area contributed by atoms with Crippen molar-refractivity contribution in [1.29, 1.82) is 0 Å². The average Bonchev–Trinajstić information content (AvgIpc) is 2.46. The molecule has 0 bridgehead atoms. The van der Waals surface area contributed by atoms with Crippen LogP contribution in [0.5, 0.6) is 5.75 Å². The van der Waals surface area contributed by atoms with Crippen LogP contribution in [0.25, 0.3) is 0 Å². The Morgan fingerprint density at radius 2 is 2.10 bits per heavy atom. The fraction of sp³-hybridized carbons (Fsp3) is 0.500. The Bertz CT molecular complexity index is 543. The summed E-state index contributed by atoms with van der Waals surface area (Å²) in [6.07, 6.45) is 1.31. The first-order valence-electron chi connectivity index (χ1n) is 7.12. The first kappa shape index (κ1) is 15.4. The van der Waals surface area contributed by atoms with Gasteiger partial charge in [-0.05, 0) is 38.3 Å². The number of carboxylic acid groups (broad SMARTS) is 1. The van der Waals surface area contributed by atoms with Gasteiger partial charge in [0, 0.05) is 13.1 Å². The van der Waals surface area contributed by atoms with Gasteiger partial charge in [0.2, 0.25) is 0 Å². The molecule has 1 saturated heterocycles. The Morgan fingerprint density at radius 1 is 1.38 bits per heavy atom. The Labute approximate surface area is 124 Å². The topological polar surface area (TPSA) is 66.8 Å². The van der Waals surface area contributed by atoms with Crippen molar-refractivity contribution in [2.75, 3.05) is 19.7 Å². The van der Waals surface area contributed by atoms with Crippen molar-refractivity contribution in [3.8, 4) is 5.75 Å². The first-order valence-corrected chi connectivity index (χ1v) is 7.12. The number of hydrogen-bond donors (Lipinski definition) is 1. The van der Waals surface area contributed by atoms with Crippen LogP contribution in [0.2, 0.25) is 0 Å². The molecule has 21 heavy (non-hydrogen) atoms. The van der Waals surface area contributed by atoms with Crippen molar-refractivity contribution in [2.45, 2.75) is 26.7 Å². The van der Waals surface area contributed by atoms with E-state index in [1.165, 1.54) is 0 Å². The smallest absolute Gasteiger partial charge is 0.311 e. The number of para-hydroxylation sites is 1. The Morgan fingerprint density at radius 3 is 2.76 bits per heavy atom. The lowest BCUT2D eigenvalue weighted by atomic mass is 9.82. The molecule has 1 aromatic rings. The number of hydrogen-bond acceptors (Lipinski definition) is 3. The van der Waals surface area contributed by atoms with Crippen molar-refractivity contribution in [3.63, 3.8) is 0 Å². The maximum atomic E-state index is 12.2. The molecule has 1 N–H and O–H groups in total. The Balaban J connectivity index is 1.94. The van der Waals surface area contributed by atoms with Gasteiger partial charge in [-0.2, -0.15) is 0 Å². The number of rotatable bonds is 4. The van der Waals surface area contributed by atoms with Crippen LogP contribution in [0.4, 0.5) is 0 Å². The largest absolute Gasteiger partial charge is 0.484 e. The summed E-state index contributed by atoms with van der Waals surface area (Å²) in [4.78, 5) is 25.1. The number of amides is 1. The fourth-order valence-corrected chi connectivity index (χ4v) is 2.58. The van der Waals surface area contributed by atoms with Crippen molar-refractivity contribution >= 4 is 11.9 Å². The van der Waals surface area contributed by atoms with Crippen molar-refractivity contribution < 1.29 is 19.4 Å². The van der Waals surface area contributed by atoms with Gasteiger partial charge in [0.05, 0.1) is 5.41 Å². The quantitative estimate of drug-likeness (QED) is 0.922. The van der Waals surface area contributed by atoms with Crippen LogP contribution in [-0.4, -0.2) is 41.6 Å². The molecule has 5 nitrogen and oxygen atoms in total. The van der Waals surface area contributed by atoms with Gasteiger partial charge in [0.25, 0.3) is 5.91 Å². The second-order valence-electron chi connectivity index (χ2n) is 5.84. The lowest BCUT2D eigenvalue weighted by Crippen LogP contribution is -2.49. The highest BCUT2D eigenvalue weighted by molar-refractivity contribution is 5.80. The second kappa shape index (κ2) is 6.16. The summed E-state index contributed by atoms with van der Waals surface area (Å²) in [5.74, 6) is -0.325. The van der Waals surface area contributed by atoms with Crippen molar-refractivity contribution in [3.05, 3.63) is 29.8 Å². The summed E-state index contributed by atoms with van der Waals surface area (Å²) in [6, 6.07) is 7.50. The highest BCUT2D eigenvalue weighted by Crippen LogP contribution is 2.29. The summed E-state index contributed by atoms with van der Waals surface area (Å²) in [6.45, 7) is 4.40. The highest BCUT2D eigenvalue weighted by atomic mass is 16.5. The predicted octanol–water partition coefficient (Wildman–Crippen LogP) is 2.09.